The molecule has 4 fully saturated rings. The van der Waals surface area contributed by atoms with Crippen LogP contribution in [0.15, 0.2) is 11.6 Å². The van der Waals surface area contributed by atoms with Gasteiger partial charge < -0.3 is 4.74 Å². The molecule has 0 saturated heterocycles. The van der Waals surface area contributed by atoms with E-state index in [2.05, 4.69) is 61.5 Å². The number of hydrogen-bond donors (Lipinski definition) is 0. The molecule has 0 heterocycles. The van der Waals surface area contributed by atoms with Gasteiger partial charge in [-0.2, -0.15) is 0 Å². The van der Waals surface area contributed by atoms with E-state index in [9.17, 15) is 4.79 Å². The number of esters is 1. The fraction of sp³-hybridized carbons (Fsp3) is 0.906. The second kappa shape index (κ2) is 7.61. The highest BCUT2D eigenvalue weighted by Crippen LogP contribution is 2.75. The quantitative estimate of drug-likeness (QED) is 0.284. The number of ether oxygens (including phenoxy) is 1. The lowest BCUT2D eigenvalue weighted by atomic mass is 9.33. The van der Waals surface area contributed by atoms with Crippen molar-refractivity contribution in [2.45, 2.75) is 126 Å². The van der Waals surface area contributed by atoms with Crippen molar-refractivity contribution in [1.82, 2.24) is 0 Å². The monoisotopic (exact) mass is 468 g/mol. The Hall–Kier alpha value is -0.790. The van der Waals surface area contributed by atoms with E-state index in [0.29, 0.717) is 27.6 Å². The second-order valence-electron chi connectivity index (χ2n) is 15.3. The predicted octanol–water partition coefficient (Wildman–Crippen LogP) is 8.60. The summed E-state index contributed by atoms with van der Waals surface area (Å²) >= 11 is 0. The zero-order valence-electron chi connectivity index (χ0n) is 23.7. The Labute approximate surface area is 210 Å². The largest absolute Gasteiger partial charge is 0.462 e. The predicted molar refractivity (Wildman–Crippen MR) is 140 cm³/mol. The number of carbonyl (C=O) groups is 1. The van der Waals surface area contributed by atoms with Gasteiger partial charge in [0.05, 0.1) is 0 Å². The maximum atomic E-state index is 11.9. The molecule has 10 atom stereocenters. The van der Waals surface area contributed by atoms with Crippen molar-refractivity contribution in [3.05, 3.63) is 11.6 Å². The Morgan fingerprint density at radius 1 is 0.882 bits per heavy atom. The molecule has 0 aromatic rings. The Morgan fingerprint density at radius 3 is 2.26 bits per heavy atom. The van der Waals surface area contributed by atoms with Crippen molar-refractivity contribution in [2.75, 3.05) is 0 Å². The van der Waals surface area contributed by atoms with Crippen LogP contribution in [-0.4, -0.2) is 12.1 Å². The third-order valence-corrected chi connectivity index (χ3v) is 13.6. The van der Waals surface area contributed by atoms with Gasteiger partial charge in [-0.1, -0.05) is 67.0 Å². The number of allylic oxidation sites excluding steroid dienone is 2. The van der Waals surface area contributed by atoms with E-state index in [4.69, 9.17) is 4.74 Å². The minimum Gasteiger partial charge on any atom is -0.462 e. The van der Waals surface area contributed by atoms with Crippen molar-refractivity contribution < 1.29 is 9.53 Å². The Bertz CT molecular complexity index is 885. The SMILES string of the molecule is CC(=O)O[C@H]1CC[C@@]2(C)[C@@H](CC[C@@]3(C)[C@H]2CC=C2[C@@H]4[C@H](C)[C@H](C)CC[C@]4(C)CC[C@]23C)C1(C)C. The summed E-state index contributed by atoms with van der Waals surface area (Å²) in [6.07, 6.45) is 14.6. The molecule has 2 heteroatoms. The first-order valence-electron chi connectivity index (χ1n) is 14.6. The highest BCUT2D eigenvalue weighted by Gasteiger charge is 2.68. The normalized spacial score (nSPS) is 54.0. The fourth-order valence-corrected chi connectivity index (χ4v) is 11.2. The highest BCUT2D eigenvalue weighted by molar-refractivity contribution is 5.66. The molecule has 0 N–H and O–H groups in total. The van der Waals surface area contributed by atoms with Crippen LogP contribution in [0.25, 0.3) is 0 Å². The number of hydrogen-bond acceptors (Lipinski definition) is 2. The third-order valence-electron chi connectivity index (χ3n) is 13.6. The molecule has 0 amide bonds. The number of fused-ring (bicyclic) bond motifs is 7. The first-order chi connectivity index (χ1) is 15.7. The minimum absolute atomic E-state index is 0.0450. The summed E-state index contributed by atoms with van der Waals surface area (Å²) in [6.45, 7) is 22.1. The molecule has 0 aliphatic heterocycles. The van der Waals surface area contributed by atoms with Crippen LogP contribution in [0.1, 0.15) is 120 Å². The first-order valence-corrected chi connectivity index (χ1v) is 14.6. The molecule has 4 saturated carbocycles. The Morgan fingerprint density at radius 2 is 1.59 bits per heavy atom. The van der Waals surface area contributed by atoms with E-state index in [1.54, 1.807) is 6.92 Å². The van der Waals surface area contributed by atoms with Crippen molar-refractivity contribution in [1.29, 1.82) is 0 Å². The number of rotatable bonds is 1. The Kier molecular flexibility index (Phi) is 5.57. The maximum Gasteiger partial charge on any atom is 0.302 e. The van der Waals surface area contributed by atoms with E-state index >= 15 is 0 Å². The number of carbonyl (C=O) groups excluding carboxylic acids is 1. The average molecular weight is 469 g/mol. The summed E-state index contributed by atoms with van der Waals surface area (Å²) in [7, 11) is 0. The molecule has 192 valence electrons. The molecule has 0 aromatic heterocycles. The van der Waals surface area contributed by atoms with Gasteiger partial charge in [-0.3, -0.25) is 4.79 Å². The van der Waals surface area contributed by atoms with E-state index in [-0.39, 0.29) is 17.5 Å². The van der Waals surface area contributed by atoms with Crippen LogP contribution in [0, 0.1) is 56.7 Å². The van der Waals surface area contributed by atoms with Crippen LogP contribution >= 0.6 is 0 Å². The second-order valence-corrected chi connectivity index (χ2v) is 15.3. The lowest BCUT2D eigenvalue weighted by molar-refractivity contribution is -0.212. The van der Waals surface area contributed by atoms with Crippen LogP contribution in [0.4, 0.5) is 0 Å². The molecule has 0 spiro atoms. The lowest BCUT2D eigenvalue weighted by Gasteiger charge is -2.71. The highest BCUT2D eigenvalue weighted by atomic mass is 16.5. The minimum atomic E-state index is -0.110. The van der Waals surface area contributed by atoms with Crippen LogP contribution in [0.3, 0.4) is 0 Å². The smallest absolute Gasteiger partial charge is 0.302 e. The van der Waals surface area contributed by atoms with Crippen LogP contribution < -0.4 is 0 Å². The first kappa shape index (κ1) is 24.9. The van der Waals surface area contributed by atoms with E-state index in [1.165, 1.54) is 51.4 Å². The maximum absolute atomic E-state index is 11.9. The van der Waals surface area contributed by atoms with Gasteiger partial charge in [0.1, 0.15) is 6.10 Å². The molecular weight excluding hydrogens is 416 g/mol. The summed E-state index contributed by atoms with van der Waals surface area (Å²) in [5.41, 5.74) is 3.44. The van der Waals surface area contributed by atoms with Crippen molar-refractivity contribution in [2.24, 2.45) is 56.7 Å². The van der Waals surface area contributed by atoms with Gasteiger partial charge in [-0.05, 0) is 109 Å². The molecule has 0 aromatic carbocycles. The van der Waals surface area contributed by atoms with Gasteiger partial charge in [0.25, 0.3) is 0 Å². The van der Waals surface area contributed by atoms with Gasteiger partial charge in [-0.15, -0.1) is 0 Å². The summed E-state index contributed by atoms with van der Waals surface area (Å²) in [5.74, 6) is 3.66. The van der Waals surface area contributed by atoms with E-state index in [1.807, 2.05) is 5.57 Å². The van der Waals surface area contributed by atoms with Gasteiger partial charge >= 0.3 is 5.97 Å². The van der Waals surface area contributed by atoms with Crippen LogP contribution in [-0.2, 0) is 9.53 Å². The molecule has 0 radical (unpaired) electrons. The zero-order chi connectivity index (χ0) is 24.9. The van der Waals surface area contributed by atoms with Crippen molar-refractivity contribution in [3.63, 3.8) is 0 Å². The van der Waals surface area contributed by atoms with Gasteiger partial charge in [-0.25, -0.2) is 0 Å². The molecule has 5 rings (SSSR count). The van der Waals surface area contributed by atoms with Crippen molar-refractivity contribution >= 4 is 5.97 Å². The summed E-state index contributed by atoms with van der Waals surface area (Å²) in [5, 5.41) is 0. The van der Waals surface area contributed by atoms with E-state index < -0.39 is 0 Å². The van der Waals surface area contributed by atoms with Gasteiger partial charge in [0.2, 0.25) is 0 Å². The lowest BCUT2D eigenvalue weighted by Crippen LogP contribution is -2.65. The standard InChI is InChI=1S/C32H52O2/c1-20-12-15-29(6)18-19-31(8)23(27(29)21(20)2)10-11-25-30(7)16-14-26(34-22(3)33)28(4,5)24(30)13-17-32(25,31)9/h10,20-21,24-27H,11-19H2,1-9H3/t20-,21-,24+,25+,26+,27+,29-,30+,31-,32+/m1/s1. The summed E-state index contributed by atoms with van der Waals surface area (Å²) < 4.78 is 5.91. The molecule has 5 aliphatic carbocycles. The summed E-state index contributed by atoms with van der Waals surface area (Å²) in [6, 6.07) is 0. The third kappa shape index (κ3) is 3.08. The molecule has 0 bridgehead atoms. The molecule has 34 heavy (non-hydrogen) atoms. The summed E-state index contributed by atoms with van der Waals surface area (Å²) in [4.78, 5) is 11.9. The molecule has 2 nitrogen and oxygen atoms in total. The topological polar surface area (TPSA) is 26.3 Å². The van der Waals surface area contributed by atoms with Crippen LogP contribution in [0.2, 0.25) is 0 Å². The fourth-order valence-electron chi connectivity index (χ4n) is 11.2. The van der Waals surface area contributed by atoms with Gasteiger partial charge in [0.15, 0.2) is 0 Å². The van der Waals surface area contributed by atoms with E-state index in [0.717, 1.165) is 30.1 Å². The van der Waals surface area contributed by atoms with Crippen molar-refractivity contribution in [3.8, 4) is 0 Å². The molecular formula is C32H52O2. The zero-order valence-corrected chi connectivity index (χ0v) is 23.7. The van der Waals surface area contributed by atoms with Crippen LogP contribution in [0.5, 0.6) is 0 Å². The van der Waals surface area contributed by atoms with Gasteiger partial charge in [0, 0.05) is 12.3 Å². The molecule has 0 unspecified atom stereocenters. The molecule has 5 aliphatic rings. The average Bonchev–Trinajstić information content (AvgIpc) is 2.74. The Balaban J connectivity index is 1.54.